The predicted molar refractivity (Wildman–Crippen MR) is 76.3 cm³/mol. The summed E-state index contributed by atoms with van der Waals surface area (Å²) >= 11 is 5.80. The number of rotatable bonds is 4. The summed E-state index contributed by atoms with van der Waals surface area (Å²) in [6.45, 7) is 0.574. The van der Waals surface area contributed by atoms with Crippen LogP contribution < -0.4 is 5.73 Å². The highest BCUT2D eigenvalue weighted by Gasteiger charge is 2.13. The van der Waals surface area contributed by atoms with E-state index in [-0.39, 0.29) is 10.7 Å². The zero-order valence-corrected chi connectivity index (χ0v) is 10.9. The second-order valence-electron chi connectivity index (χ2n) is 4.16. The van der Waals surface area contributed by atoms with Gasteiger partial charge in [0.15, 0.2) is 0 Å². The van der Waals surface area contributed by atoms with Crippen molar-refractivity contribution in [2.45, 2.75) is 6.42 Å². The fourth-order valence-corrected chi connectivity index (χ4v) is 2.09. The van der Waals surface area contributed by atoms with Gasteiger partial charge in [0, 0.05) is 6.07 Å². The van der Waals surface area contributed by atoms with E-state index in [4.69, 9.17) is 17.3 Å². The molecular weight excluding hydrogens is 264 g/mol. The van der Waals surface area contributed by atoms with Gasteiger partial charge in [-0.25, -0.2) is 0 Å². The molecule has 0 unspecified atom stereocenters. The maximum absolute atomic E-state index is 10.9. The molecule has 19 heavy (non-hydrogen) atoms. The Bertz CT molecular complexity index is 614. The average molecular weight is 277 g/mol. The molecule has 2 N–H and O–H groups in total. The van der Waals surface area contributed by atoms with Crippen LogP contribution in [0.25, 0.3) is 11.1 Å². The quantitative estimate of drug-likeness (QED) is 0.687. The molecule has 0 atom stereocenters. The van der Waals surface area contributed by atoms with Gasteiger partial charge in [-0.1, -0.05) is 41.9 Å². The Balaban J connectivity index is 2.44. The standard InChI is InChI=1S/C14H13ClN2O2/c15-13-5-4-12(9-14(13)17(18)19)11-3-1-2-10(8-11)6-7-16/h1-5,8-9H,6-7,16H2. The highest BCUT2D eigenvalue weighted by atomic mass is 35.5. The van der Waals surface area contributed by atoms with Crippen molar-refractivity contribution in [3.05, 3.63) is 63.2 Å². The zero-order valence-electron chi connectivity index (χ0n) is 10.2. The smallest absolute Gasteiger partial charge is 0.288 e. The minimum atomic E-state index is -0.477. The highest BCUT2D eigenvalue weighted by molar-refractivity contribution is 6.32. The Hall–Kier alpha value is -1.91. The number of nitro groups is 1. The summed E-state index contributed by atoms with van der Waals surface area (Å²) in [6.07, 6.45) is 0.781. The second kappa shape index (κ2) is 5.82. The maximum atomic E-state index is 10.9. The van der Waals surface area contributed by atoms with Crippen LogP contribution >= 0.6 is 11.6 Å². The van der Waals surface area contributed by atoms with E-state index in [0.717, 1.165) is 23.1 Å². The Morgan fingerprint density at radius 2 is 1.89 bits per heavy atom. The summed E-state index contributed by atoms with van der Waals surface area (Å²) in [5, 5.41) is 11.0. The van der Waals surface area contributed by atoms with Gasteiger partial charge in [-0.15, -0.1) is 0 Å². The van der Waals surface area contributed by atoms with E-state index in [1.807, 2.05) is 24.3 Å². The van der Waals surface area contributed by atoms with Crippen molar-refractivity contribution in [1.82, 2.24) is 0 Å². The molecule has 0 spiro atoms. The van der Waals surface area contributed by atoms with Gasteiger partial charge in [0.25, 0.3) is 5.69 Å². The van der Waals surface area contributed by atoms with Crippen LogP contribution in [0.2, 0.25) is 5.02 Å². The molecule has 0 amide bonds. The van der Waals surface area contributed by atoms with Crippen molar-refractivity contribution in [2.75, 3.05) is 6.54 Å². The number of nitro benzene ring substituents is 1. The van der Waals surface area contributed by atoms with Crippen molar-refractivity contribution in [2.24, 2.45) is 5.73 Å². The van der Waals surface area contributed by atoms with Crippen LogP contribution in [0, 0.1) is 10.1 Å². The van der Waals surface area contributed by atoms with E-state index in [0.29, 0.717) is 6.54 Å². The largest absolute Gasteiger partial charge is 0.330 e. The number of benzene rings is 2. The van der Waals surface area contributed by atoms with E-state index in [2.05, 4.69) is 0 Å². The molecule has 0 aliphatic heterocycles. The van der Waals surface area contributed by atoms with Gasteiger partial charge >= 0.3 is 0 Å². The normalized spacial score (nSPS) is 10.4. The Kier molecular flexibility index (Phi) is 4.14. The monoisotopic (exact) mass is 276 g/mol. The molecule has 2 aromatic rings. The highest BCUT2D eigenvalue weighted by Crippen LogP contribution is 2.30. The van der Waals surface area contributed by atoms with Gasteiger partial charge in [-0.2, -0.15) is 0 Å². The molecule has 0 saturated heterocycles. The molecule has 0 bridgehead atoms. The molecule has 0 heterocycles. The van der Waals surface area contributed by atoms with Gasteiger partial charge < -0.3 is 5.73 Å². The molecular formula is C14H13ClN2O2. The molecule has 2 aromatic carbocycles. The summed E-state index contributed by atoms with van der Waals surface area (Å²) in [7, 11) is 0. The van der Waals surface area contributed by atoms with Crippen LogP contribution in [0.15, 0.2) is 42.5 Å². The maximum Gasteiger partial charge on any atom is 0.288 e. The van der Waals surface area contributed by atoms with Gasteiger partial charge in [0.05, 0.1) is 4.92 Å². The van der Waals surface area contributed by atoms with Gasteiger partial charge in [0.1, 0.15) is 5.02 Å². The van der Waals surface area contributed by atoms with Crippen LogP contribution in [0.5, 0.6) is 0 Å². The zero-order chi connectivity index (χ0) is 13.8. The fourth-order valence-electron chi connectivity index (χ4n) is 1.91. The third-order valence-electron chi connectivity index (χ3n) is 2.84. The first-order valence-corrected chi connectivity index (χ1v) is 6.23. The van der Waals surface area contributed by atoms with Crippen LogP contribution in [0.1, 0.15) is 5.56 Å². The molecule has 2 rings (SSSR count). The van der Waals surface area contributed by atoms with E-state index in [9.17, 15) is 10.1 Å². The Morgan fingerprint density at radius 3 is 2.58 bits per heavy atom. The van der Waals surface area contributed by atoms with Gasteiger partial charge in [-0.05, 0) is 35.7 Å². The van der Waals surface area contributed by atoms with E-state index < -0.39 is 4.92 Å². The van der Waals surface area contributed by atoms with Crippen LogP contribution in [-0.2, 0) is 6.42 Å². The first kappa shape index (κ1) is 13.5. The van der Waals surface area contributed by atoms with E-state index in [1.54, 1.807) is 12.1 Å². The SMILES string of the molecule is NCCc1cccc(-c2ccc(Cl)c([N+](=O)[O-])c2)c1. The molecule has 0 saturated carbocycles. The molecule has 0 radical (unpaired) electrons. The van der Waals surface area contributed by atoms with Gasteiger partial charge in [0.2, 0.25) is 0 Å². The van der Waals surface area contributed by atoms with Crippen LogP contribution in [0.4, 0.5) is 5.69 Å². The molecule has 0 fully saturated rings. The predicted octanol–water partition coefficient (Wildman–Crippen LogP) is 3.42. The van der Waals surface area contributed by atoms with Crippen molar-refractivity contribution in [3.8, 4) is 11.1 Å². The lowest BCUT2D eigenvalue weighted by Crippen LogP contribution is -2.02. The van der Waals surface area contributed by atoms with Crippen molar-refractivity contribution in [1.29, 1.82) is 0 Å². The van der Waals surface area contributed by atoms with Crippen LogP contribution in [-0.4, -0.2) is 11.5 Å². The molecule has 4 nitrogen and oxygen atoms in total. The summed E-state index contributed by atoms with van der Waals surface area (Å²) < 4.78 is 0. The molecule has 0 aromatic heterocycles. The summed E-state index contributed by atoms with van der Waals surface area (Å²) in [4.78, 5) is 10.4. The van der Waals surface area contributed by atoms with E-state index >= 15 is 0 Å². The lowest BCUT2D eigenvalue weighted by Gasteiger charge is -2.05. The van der Waals surface area contributed by atoms with Crippen molar-refractivity contribution < 1.29 is 4.92 Å². The second-order valence-corrected chi connectivity index (χ2v) is 4.57. The summed E-state index contributed by atoms with van der Waals surface area (Å²) in [5.74, 6) is 0. The van der Waals surface area contributed by atoms with Crippen molar-refractivity contribution >= 4 is 17.3 Å². The Morgan fingerprint density at radius 1 is 1.16 bits per heavy atom. The molecule has 5 heteroatoms. The lowest BCUT2D eigenvalue weighted by molar-refractivity contribution is -0.384. The number of hydrogen-bond donors (Lipinski definition) is 1. The minimum Gasteiger partial charge on any atom is -0.330 e. The molecule has 0 aliphatic carbocycles. The number of nitrogens with two attached hydrogens (primary N) is 1. The lowest BCUT2D eigenvalue weighted by atomic mass is 10.0. The first-order chi connectivity index (χ1) is 9.11. The van der Waals surface area contributed by atoms with Gasteiger partial charge in [-0.3, -0.25) is 10.1 Å². The number of nitrogens with zero attached hydrogens (tertiary/aromatic N) is 1. The topological polar surface area (TPSA) is 69.2 Å². The minimum absolute atomic E-state index is 0.0802. The number of hydrogen-bond acceptors (Lipinski definition) is 3. The number of halogens is 1. The average Bonchev–Trinajstić information content (AvgIpc) is 2.39. The van der Waals surface area contributed by atoms with Crippen LogP contribution in [0.3, 0.4) is 0 Å². The summed E-state index contributed by atoms with van der Waals surface area (Å²) in [5.41, 5.74) is 8.25. The summed E-state index contributed by atoms with van der Waals surface area (Å²) in [6, 6.07) is 12.6. The third-order valence-corrected chi connectivity index (χ3v) is 3.16. The first-order valence-electron chi connectivity index (χ1n) is 5.85. The Labute approximate surface area is 116 Å². The molecule has 98 valence electrons. The van der Waals surface area contributed by atoms with Crippen molar-refractivity contribution in [3.63, 3.8) is 0 Å². The fraction of sp³-hybridized carbons (Fsp3) is 0.143. The third kappa shape index (κ3) is 3.10. The molecule has 0 aliphatic rings. The van der Waals surface area contributed by atoms with E-state index in [1.165, 1.54) is 6.07 Å².